The maximum Gasteiger partial charge on any atom is 0.324 e. The van der Waals surface area contributed by atoms with Gasteiger partial charge in [-0.1, -0.05) is 29.0 Å². The zero-order chi connectivity index (χ0) is 23.8. The SMILES string of the molecule is Cc1ccc(-n2ncc3c(NC(=O)c4ccc([N+](=O)[O-])s4)nc(-c4ccc(F)nc4)nc32)cc1. The molecule has 0 aliphatic heterocycles. The van der Waals surface area contributed by atoms with Crippen LogP contribution in [0.2, 0.25) is 0 Å². The Balaban J connectivity index is 1.63. The molecule has 0 saturated carbocycles. The van der Waals surface area contributed by atoms with E-state index in [0.717, 1.165) is 22.6 Å². The van der Waals surface area contributed by atoms with Crippen molar-refractivity contribution >= 4 is 39.1 Å². The lowest BCUT2D eigenvalue weighted by molar-refractivity contribution is -0.380. The van der Waals surface area contributed by atoms with Gasteiger partial charge in [0, 0.05) is 17.8 Å². The molecule has 0 spiro atoms. The van der Waals surface area contributed by atoms with Gasteiger partial charge in [0.25, 0.3) is 5.91 Å². The van der Waals surface area contributed by atoms with Crippen LogP contribution in [0.1, 0.15) is 15.2 Å². The smallest absolute Gasteiger partial charge is 0.305 e. The molecule has 1 aromatic carbocycles. The minimum Gasteiger partial charge on any atom is -0.305 e. The number of benzene rings is 1. The normalized spacial score (nSPS) is 11.0. The van der Waals surface area contributed by atoms with Crippen molar-refractivity contribution in [1.82, 2.24) is 24.7 Å². The number of aryl methyl sites for hydroxylation is 1. The van der Waals surface area contributed by atoms with Gasteiger partial charge >= 0.3 is 5.00 Å². The maximum atomic E-state index is 13.4. The maximum absolute atomic E-state index is 13.4. The van der Waals surface area contributed by atoms with Crippen molar-refractivity contribution in [2.24, 2.45) is 0 Å². The summed E-state index contributed by atoms with van der Waals surface area (Å²) in [6.45, 7) is 1.97. The molecule has 1 N–H and O–H groups in total. The zero-order valence-corrected chi connectivity index (χ0v) is 18.3. The molecule has 0 aliphatic carbocycles. The molecule has 0 fully saturated rings. The summed E-state index contributed by atoms with van der Waals surface area (Å²) in [5.74, 6) is -0.864. The third-order valence-electron chi connectivity index (χ3n) is 4.92. The number of nitrogens with one attached hydrogen (secondary N) is 1. The Morgan fingerprint density at radius 2 is 1.88 bits per heavy atom. The predicted molar refractivity (Wildman–Crippen MR) is 124 cm³/mol. The molecule has 4 heterocycles. The molecule has 4 aromatic heterocycles. The molecule has 1 amide bonds. The number of nitro groups is 1. The fourth-order valence-electron chi connectivity index (χ4n) is 3.23. The Bertz CT molecular complexity index is 1550. The Hall–Kier alpha value is -4.58. The van der Waals surface area contributed by atoms with E-state index in [0.29, 0.717) is 16.6 Å². The number of carbonyl (C=O) groups excluding carboxylic acids is 1. The van der Waals surface area contributed by atoms with Gasteiger partial charge in [-0.25, -0.2) is 19.6 Å². The molecule has 168 valence electrons. The van der Waals surface area contributed by atoms with Gasteiger partial charge in [-0.3, -0.25) is 14.9 Å². The third kappa shape index (κ3) is 3.97. The minimum absolute atomic E-state index is 0.148. The van der Waals surface area contributed by atoms with Gasteiger partial charge in [-0.2, -0.15) is 9.49 Å². The molecule has 0 unspecified atom stereocenters. The summed E-state index contributed by atoms with van der Waals surface area (Å²) < 4.78 is 15.0. The van der Waals surface area contributed by atoms with E-state index < -0.39 is 16.8 Å². The minimum atomic E-state index is -0.651. The van der Waals surface area contributed by atoms with Gasteiger partial charge in [0.15, 0.2) is 11.5 Å². The molecule has 0 radical (unpaired) electrons. The largest absolute Gasteiger partial charge is 0.324 e. The first kappa shape index (κ1) is 21.3. The van der Waals surface area contributed by atoms with Gasteiger partial charge < -0.3 is 5.32 Å². The molecule has 0 aliphatic rings. The van der Waals surface area contributed by atoms with E-state index in [1.165, 1.54) is 36.7 Å². The number of halogens is 1. The van der Waals surface area contributed by atoms with Crippen LogP contribution in [0.15, 0.2) is 60.9 Å². The third-order valence-corrected chi connectivity index (χ3v) is 5.96. The van der Waals surface area contributed by atoms with Crippen molar-refractivity contribution in [2.75, 3.05) is 5.32 Å². The number of rotatable bonds is 5. The highest BCUT2D eigenvalue weighted by Gasteiger charge is 2.20. The number of hydrogen-bond acceptors (Lipinski definition) is 8. The summed E-state index contributed by atoms with van der Waals surface area (Å²) in [6.07, 6.45) is 2.81. The lowest BCUT2D eigenvalue weighted by Crippen LogP contribution is -2.12. The van der Waals surface area contributed by atoms with Crippen LogP contribution >= 0.6 is 11.3 Å². The fourth-order valence-corrected chi connectivity index (χ4v) is 3.95. The van der Waals surface area contributed by atoms with Crippen LogP contribution in [-0.4, -0.2) is 35.6 Å². The van der Waals surface area contributed by atoms with Gasteiger partial charge in [0.2, 0.25) is 5.95 Å². The van der Waals surface area contributed by atoms with Crippen molar-refractivity contribution in [3.05, 3.63) is 87.4 Å². The molecule has 0 bridgehead atoms. The highest BCUT2D eigenvalue weighted by molar-refractivity contribution is 7.17. The predicted octanol–water partition coefficient (Wildman–Crippen LogP) is 4.55. The zero-order valence-electron chi connectivity index (χ0n) is 17.5. The molecule has 5 rings (SSSR count). The molecular formula is C22H14FN7O3S. The summed E-state index contributed by atoms with van der Waals surface area (Å²) in [5, 5.41) is 18.4. The second kappa shape index (κ2) is 8.41. The van der Waals surface area contributed by atoms with Gasteiger partial charge in [0.1, 0.15) is 5.82 Å². The molecule has 34 heavy (non-hydrogen) atoms. The first-order chi connectivity index (χ1) is 16.4. The summed E-state index contributed by atoms with van der Waals surface area (Å²) >= 11 is 0.752. The first-order valence-corrected chi connectivity index (χ1v) is 10.7. The van der Waals surface area contributed by atoms with E-state index in [1.807, 2.05) is 31.2 Å². The average molecular weight is 475 g/mol. The number of anilines is 1. The monoisotopic (exact) mass is 475 g/mol. The van der Waals surface area contributed by atoms with Crippen molar-refractivity contribution in [2.45, 2.75) is 6.92 Å². The summed E-state index contributed by atoms with van der Waals surface area (Å²) in [4.78, 5) is 36.1. The van der Waals surface area contributed by atoms with Crippen molar-refractivity contribution < 1.29 is 14.1 Å². The fraction of sp³-hybridized carbons (Fsp3) is 0.0455. The number of carbonyl (C=O) groups is 1. The Morgan fingerprint density at radius 3 is 2.56 bits per heavy atom. The van der Waals surface area contributed by atoms with E-state index >= 15 is 0 Å². The van der Waals surface area contributed by atoms with Crippen molar-refractivity contribution in [1.29, 1.82) is 0 Å². The van der Waals surface area contributed by atoms with Crippen molar-refractivity contribution in [3.8, 4) is 17.1 Å². The van der Waals surface area contributed by atoms with Crippen molar-refractivity contribution in [3.63, 3.8) is 0 Å². The van der Waals surface area contributed by atoms with Crippen LogP contribution in [0.4, 0.5) is 15.2 Å². The standard InChI is InChI=1S/C22H14FN7O3S/c1-12-2-5-14(6-3-12)29-21-15(11-25-29)20(26-19(27-21)13-4-8-17(23)24-10-13)28-22(31)16-7-9-18(34-16)30(32)33/h2-11H,1H3,(H,26,27,28,31). The van der Waals surface area contributed by atoms with E-state index in [9.17, 15) is 19.3 Å². The number of pyridine rings is 1. The number of amides is 1. The molecule has 0 saturated heterocycles. The van der Waals surface area contributed by atoms with Crippen LogP contribution in [-0.2, 0) is 0 Å². The van der Waals surface area contributed by atoms with E-state index in [2.05, 4.69) is 25.4 Å². The Kier molecular flexibility index (Phi) is 5.26. The lowest BCUT2D eigenvalue weighted by Gasteiger charge is -2.09. The highest BCUT2D eigenvalue weighted by atomic mass is 32.1. The van der Waals surface area contributed by atoms with Crippen LogP contribution in [0.25, 0.3) is 28.1 Å². The molecule has 5 aromatic rings. The number of hydrogen-bond donors (Lipinski definition) is 1. The average Bonchev–Trinajstić information content (AvgIpc) is 3.48. The highest BCUT2D eigenvalue weighted by Crippen LogP contribution is 2.29. The number of fused-ring (bicyclic) bond motifs is 1. The van der Waals surface area contributed by atoms with Crippen LogP contribution in [0.5, 0.6) is 0 Å². The number of thiophene rings is 1. The molecule has 0 atom stereocenters. The quantitative estimate of drug-likeness (QED) is 0.224. The van der Waals surface area contributed by atoms with Gasteiger partial charge in [-0.15, -0.1) is 0 Å². The lowest BCUT2D eigenvalue weighted by atomic mass is 10.2. The van der Waals surface area contributed by atoms with E-state index in [4.69, 9.17) is 0 Å². The summed E-state index contributed by atoms with van der Waals surface area (Å²) in [6, 6.07) is 12.9. The molecule has 12 heteroatoms. The van der Waals surface area contributed by atoms with Gasteiger partial charge in [0.05, 0.1) is 27.1 Å². The Labute approximate surface area is 194 Å². The Morgan fingerprint density at radius 1 is 1.09 bits per heavy atom. The van der Waals surface area contributed by atoms with E-state index in [-0.39, 0.29) is 21.5 Å². The van der Waals surface area contributed by atoms with Crippen LogP contribution in [0, 0.1) is 23.0 Å². The number of aromatic nitrogens is 5. The van der Waals surface area contributed by atoms with Crippen LogP contribution in [0.3, 0.4) is 0 Å². The molecule has 10 nitrogen and oxygen atoms in total. The van der Waals surface area contributed by atoms with Crippen LogP contribution < -0.4 is 5.32 Å². The second-order valence-corrected chi connectivity index (χ2v) is 8.31. The molecular weight excluding hydrogens is 461 g/mol. The number of nitrogens with zero attached hydrogens (tertiary/aromatic N) is 6. The van der Waals surface area contributed by atoms with E-state index in [1.54, 1.807) is 4.68 Å². The summed E-state index contributed by atoms with van der Waals surface area (Å²) in [7, 11) is 0. The van der Waals surface area contributed by atoms with Gasteiger partial charge in [-0.05, 0) is 37.3 Å². The topological polar surface area (TPSA) is 129 Å². The first-order valence-electron chi connectivity index (χ1n) is 9.89. The second-order valence-electron chi connectivity index (χ2n) is 7.24. The summed E-state index contributed by atoms with van der Waals surface area (Å²) in [5.41, 5.74) is 2.66.